The van der Waals surface area contributed by atoms with Crippen molar-refractivity contribution < 1.29 is 0 Å². The zero-order valence-electron chi connectivity index (χ0n) is 6.31. The van der Waals surface area contributed by atoms with Crippen molar-refractivity contribution in [2.24, 2.45) is 0 Å². The summed E-state index contributed by atoms with van der Waals surface area (Å²) in [5, 5.41) is 8.01. The SMILES string of the molecule is CCc1[nH]nc2[nH]cc(N)c12. The van der Waals surface area contributed by atoms with Gasteiger partial charge < -0.3 is 10.7 Å². The highest BCUT2D eigenvalue weighted by molar-refractivity contribution is 5.90. The Kier molecular flexibility index (Phi) is 1.15. The molecule has 0 amide bonds. The Hall–Kier alpha value is -1.45. The minimum Gasteiger partial charge on any atom is -0.397 e. The summed E-state index contributed by atoms with van der Waals surface area (Å²) in [5.41, 5.74) is 8.42. The minimum absolute atomic E-state index is 0.769. The number of aromatic amines is 2. The summed E-state index contributed by atoms with van der Waals surface area (Å²) >= 11 is 0. The van der Waals surface area contributed by atoms with Gasteiger partial charge in [0.2, 0.25) is 0 Å². The van der Waals surface area contributed by atoms with Crippen molar-refractivity contribution >= 4 is 16.7 Å². The number of nitrogens with one attached hydrogen (secondary N) is 2. The lowest BCUT2D eigenvalue weighted by atomic mass is 10.2. The summed E-state index contributed by atoms with van der Waals surface area (Å²) in [7, 11) is 0. The van der Waals surface area contributed by atoms with E-state index in [0.29, 0.717) is 0 Å². The van der Waals surface area contributed by atoms with Gasteiger partial charge in [0.15, 0.2) is 5.65 Å². The number of nitrogen functional groups attached to an aromatic ring is 1. The number of aryl methyl sites for hydroxylation is 1. The van der Waals surface area contributed by atoms with E-state index in [4.69, 9.17) is 5.73 Å². The van der Waals surface area contributed by atoms with Gasteiger partial charge in [0.1, 0.15) is 0 Å². The third kappa shape index (κ3) is 0.721. The molecule has 0 fully saturated rings. The highest BCUT2D eigenvalue weighted by atomic mass is 15.2. The van der Waals surface area contributed by atoms with Gasteiger partial charge in [-0.15, -0.1) is 0 Å². The fourth-order valence-corrected chi connectivity index (χ4v) is 1.27. The van der Waals surface area contributed by atoms with Crippen LogP contribution in [0.1, 0.15) is 12.6 Å². The second-order valence-corrected chi connectivity index (χ2v) is 2.52. The summed E-state index contributed by atoms with van der Waals surface area (Å²) in [4.78, 5) is 2.98. The maximum atomic E-state index is 5.71. The molecule has 2 rings (SSSR count). The summed E-state index contributed by atoms with van der Waals surface area (Å²) in [6.07, 6.45) is 2.70. The Morgan fingerprint density at radius 1 is 1.64 bits per heavy atom. The predicted molar refractivity (Wildman–Crippen MR) is 44.2 cm³/mol. The number of hydrogen-bond acceptors (Lipinski definition) is 2. The van der Waals surface area contributed by atoms with E-state index < -0.39 is 0 Å². The van der Waals surface area contributed by atoms with Gasteiger partial charge in [-0.1, -0.05) is 6.92 Å². The molecule has 58 valence electrons. The smallest absolute Gasteiger partial charge is 0.161 e. The van der Waals surface area contributed by atoms with Crippen LogP contribution in [0.4, 0.5) is 5.69 Å². The average Bonchev–Trinajstić information content (AvgIpc) is 2.54. The van der Waals surface area contributed by atoms with Crippen LogP contribution in [0.5, 0.6) is 0 Å². The summed E-state index contributed by atoms with van der Waals surface area (Å²) in [6.45, 7) is 2.07. The molecule has 0 saturated carbocycles. The molecular weight excluding hydrogens is 140 g/mol. The Labute approximate surface area is 63.8 Å². The van der Waals surface area contributed by atoms with Crippen molar-refractivity contribution in [3.05, 3.63) is 11.9 Å². The maximum absolute atomic E-state index is 5.71. The number of hydrogen-bond donors (Lipinski definition) is 3. The largest absolute Gasteiger partial charge is 0.397 e. The third-order valence-electron chi connectivity index (χ3n) is 1.85. The van der Waals surface area contributed by atoms with Gasteiger partial charge in [-0.2, -0.15) is 5.10 Å². The molecule has 0 bridgehead atoms. The fraction of sp³-hybridized carbons (Fsp3) is 0.286. The van der Waals surface area contributed by atoms with Crippen molar-refractivity contribution in [2.75, 3.05) is 5.73 Å². The number of nitrogens with zero attached hydrogens (tertiary/aromatic N) is 1. The monoisotopic (exact) mass is 150 g/mol. The second kappa shape index (κ2) is 2.02. The van der Waals surface area contributed by atoms with Gasteiger partial charge in [-0.3, -0.25) is 5.10 Å². The molecule has 4 heteroatoms. The Morgan fingerprint density at radius 2 is 2.45 bits per heavy atom. The second-order valence-electron chi connectivity index (χ2n) is 2.52. The number of aromatic nitrogens is 3. The van der Waals surface area contributed by atoms with Crippen LogP contribution in [0.2, 0.25) is 0 Å². The average molecular weight is 150 g/mol. The van der Waals surface area contributed by atoms with Crippen LogP contribution in [0.3, 0.4) is 0 Å². The van der Waals surface area contributed by atoms with Crippen LogP contribution in [-0.4, -0.2) is 15.2 Å². The number of nitrogens with two attached hydrogens (primary N) is 1. The molecule has 4 nitrogen and oxygen atoms in total. The summed E-state index contributed by atoms with van der Waals surface area (Å²) in [6, 6.07) is 0. The molecular formula is C7H10N4. The molecule has 2 aromatic rings. The molecule has 4 N–H and O–H groups in total. The summed E-state index contributed by atoms with van der Waals surface area (Å²) < 4.78 is 0. The van der Waals surface area contributed by atoms with E-state index in [2.05, 4.69) is 22.1 Å². The van der Waals surface area contributed by atoms with Crippen LogP contribution in [-0.2, 0) is 6.42 Å². The molecule has 0 aliphatic heterocycles. The molecule has 11 heavy (non-hydrogen) atoms. The van der Waals surface area contributed by atoms with Gasteiger partial charge in [-0.25, -0.2) is 0 Å². The van der Waals surface area contributed by atoms with E-state index in [9.17, 15) is 0 Å². The number of rotatable bonds is 1. The van der Waals surface area contributed by atoms with Crippen molar-refractivity contribution in [3.8, 4) is 0 Å². The predicted octanol–water partition coefficient (Wildman–Crippen LogP) is 1.04. The molecule has 0 saturated heterocycles. The zero-order chi connectivity index (χ0) is 7.84. The standard InChI is InChI=1S/C7H10N4/c1-2-5-6-4(8)3-9-7(6)11-10-5/h3H,2,8H2,1H3,(H2,9,10,11). The van der Waals surface area contributed by atoms with Crippen LogP contribution >= 0.6 is 0 Å². The lowest BCUT2D eigenvalue weighted by molar-refractivity contribution is 0.981. The Bertz CT molecular complexity index is 371. The molecule has 0 atom stereocenters. The zero-order valence-corrected chi connectivity index (χ0v) is 6.31. The topological polar surface area (TPSA) is 70.5 Å². The van der Waals surface area contributed by atoms with Gasteiger partial charge in [0.25, 0.3) is 0 Å². The van der Waals surface area contributed by atoms with E-state index in [1.807, 2.05) is 0 Å². The van der Waals surface area contributed by atoms with E-state index in [0.717, 1.165) is 28.8 Å². The first-order valence-electron chi connectivity index (χ1n) is 3.62. The molecule has 0 aromatic carbocycles. The molecule has 0 aliphatic carbocycles. The number of anilines is 1. The number of H-pyrrole nitrogens is 2. The van der Waals surface area contributed by atoms with Gasteiger partial charge in [-0.05, 0) is 6.42 Å². The normalized spacial score (nSPS) is 11.0. The van der Waals surface area contributed by atoms with Crippen molar-refractivity contribution in [3.63, 3.8) is 0 Å². The van der Waals surface area contributed by atoms with Crippen molar-refractivity contribution in [1.29, 1.82) is 0 Å². The Morgan fingerprint density at radius 3 is 3.18 bits per heavy atom. The van der Waals surface area contributed by atoms with Crippen molar-refractivity contribution in [2.45, 2.75) is 13.3 Å². The van der Waals surface area contributed by atoms with Crippen molar-refractivity contribution in [1.82, 2.24) is 15.2 Å². The first-order valence-corrected chi connectivity index (χ1v) is 3.62. The maximum Gasteiger partial charge on any atom is 0.161 e. The van der Waals surface area contributed by atoms with Gasteiger partial charge in [0.05, 0.1) is 11.1 Å². The lowest BCUT2D eigenvalue weighted by Crippen LogP contribution is -1.84. The first-order chi connectivity index (χ1) is 5.33. The third-order valence-corrected chi connectivity index (χ3v) is 1.85. The van der Waals surface area contributed by atoms with Gasteiger partial charge in [0, 0.05) is 11.9 Å². The molecule has 0 aliphatic rings. The van der Waals surface area contributed by atoms with E-state index in [1.165, 1.54) is 0 Å². The molecule has 0 radical (unpaired) electrons. The fourth-order valence-electron chi connectivity index (χ4n) is 1.27. The summed E-state index contributed by atoms with van der Waals surface area (Å²) in [5.74, 6) is 0. The van der Waals surface area contributed by atoms with Crippen LogP contribution in [0.15, 0.2) is 6.20 Å². The minimum atomic E-state index is 0.769. The quantitative estimate of drug-likeness (QED) is 0.568. The van der Waals surface area contributed by atoms with Crippen LogP contribution in [0, 0.1) is 0 Å². The van der Waals surface area contributed by atoms with Crippen LogP contribution in [0.25, 0.3) is 11.0 Å². The lowest BCUT2D eigenvalue weighted by Gasteiger charge is -1.88. The number of fused-ring (bicyclic) bond motifs is 1. The molecule has 2 heterocycles. The molecule has 0 spiro atoms. The van der Waals surface area contributed by atoms with Gasteiger partial charge >= 0.3 is 0 Å². The molecule has 2 aromatic heterocycles. The highest BCUT2D eigenvalue weighted by Crippen LogP contribution is 2.21. The van der Waals surface area contributed by atoms with E-state index in [1.54, 1.807) is 6.20 Å². The van der Waals surface area contributed by atoms with E-state index >= 15 is 0 Å². The highest BCUT2D eigenvalue weighted by Gasteiger charge is 2.07. The Balaban J connectivity index is 2.80. The van der Waals surface area contributed by atoms with E-state index in [-0.39, 0.29) is 0 Å². The van der Waals surface area contributed by atoms with Crippen LogP contribution < -0.4 is 5.73 Å². The first kappa shape index (κ1) is 6.27. The molecule has 0 unspecified atom stereocenters.